The van der Waals surface area contributed by atoms with Crippen molar-refractivity contribution in [2.45, 2.75) is 0 Å². The van der Waals surface area contributed by atoms with Gasteiger partial charge in [0.1, 0.15) is 10.7 Å². The van der Waals surface area contributed by atoms with Crippen molar-refractivity contribution in [3.8, 4) is 11.5 Å². The van der Waals surface area contributed by atoms with Gasteiger partial charge >= 0.3 is 5.88 Å². The Morgan fingerprint density at radius 1 is 1.03 bits per heavy atom. The van der Waals surface area contributed by atoms with Gasteiger partial charge in [-0.15, -0.1) is 0 Å². The Kier molecular flexibility index (Phi) is 5.17. The molecule has 30 heavy (non-hydrogen) atoms. The standard InChI is InChI=1S/C21H17N3O6/c25-20(14-12-23(13-14)21(26)18-10-11-19(30-18)24(27)28)22-16-8-4-5-9-17(16)29-15-6-2-1-3-7-15/h1-11,14H,12-13H2,(H,22,25). The maximum Gasteiger partial charge on any atom is 0.433 e. The molecule has 0 radical (unpaired) electrons. The van der Waals surface area contributed by atoms with Crippen LogP contribution in [0.4, 0.5) is 11.6 Å². The normalized spacial score (nSPS) is 13.4. The number of rotatable bonds is 6. The first-order chi connectivity index (χ1) is 14.5. The van der Waals surface area contributed by atoms with E-state index in [2.05, 4.69) is 5.32 Å². The molecular weight excluding hydrogens is 390 g/mol. The molecule has 2 heterocycles. The zero-order valence-corrected chi connectivity index (χ0v) is 15.7. The summed E-state index contributed by atoms with van der Waals surface area (Å²) in [5.74, 6) is -0.595. The van der Waals surface area contributed by atoms with Gasteiger partial charge in [-0.2, -0.15) is 0 Å². The van der Waals surface area contributed by atoms with E-state index in [1.54, 1.807) is 24.3 Å². The number of likely N-dealkylation sites (tertiary alicyclic amines) is 1. The summed E-state index contributed by atoms with van der Waals surface area (Å²) in [6.07, 6.45) is 0. The average molecular weight is 407 g/mol. The van der Waals surface area contributed by atoms with Crippen LogP contribution >= 0.6 is 0 Å². The van der Waals surface area contributed by atoms with Crippen molar-refractivity contribution in [1.29, 1.82) is 0 Å². The largest absolute Gasteiger partial charge is 0.455 e. The van der Waals surface area contributed by atoms with Crippen LogP contribution in [0.2, 0.25) is 0 Å². The molecule has 0 atom stereocenters. The summed E-state index contributed by atoms with van der Waals surface area (Å²) in [6, 6.07) is 18.7. The monoisotopic (exact) mass is 407 g/mol. The summed E-state index contributed by atoms with van der Waals surface area (Å²) in [5, 5.41) is 13.5. The topological polar surface area (TPSA) is 115 Å². The second-order valence-corrected chi connectivity index (χ2v) is 6.70. The third-order valence-corrected chi connectivity index (χ3v) is 4.64. The predicted molar refractivity (Wildman–Crippen MR) is 106 cm³/mol. The zero-order chi connectivity index (χ0) is 21.1. The Labute approximate surface area is 171 Å². The van der Waals surface area contributed by atoms with Crippen LogP contribution in [0.15, 0.2) is 71.1 Å². The molecule has 1 aliphatic rings. The van der Waals surface area contributed by atoms with Gasteiger partial charge in [0.2, 0.25) is 5.91 Å². The number of anilines is 1. The summed E-state index contributed by atoms with van der Waals surface area (Å²) in [4.78, 5) is 36.2. The van der Waals surface area contributed by atoms with Gasteiger partial charge in [0.05, 0.1) is 17.7 Å². The van der Waals surface area contributed by atoms with Crippen LogP contribution in [-0.2, 0) is 4.79 Å². The number of carbonyl (C=O) groups is 2. The lowest BCUT2D eigenvalue weighted by molar-refractivity contribution is -0.402. The number of furan rings is 1. The minimum atomic E-state index is -0.710. The van der Waals surface area contributed by atoms with E-state index in [-0.39, 0.29) is 24.8 Å². The first kappa shape index (κ1) is 19.2. The van der Waals surface area contributed by atoms with Gasteiger partial charge in [0.15, 0.2) is 11.5 Å². The Balaban J connectivity index is 1.36. The summed E-state index contributed by atoms with van der Waals surface area (Å²) in [6.45, 7) is 0.391. The molecule has 152 valence electrons. The maximum atomic E-state index is 12.6. The molecular formula is C21H17N3O6. The molecule has 3 aromatic rings. The van der Waals surface area contributed by atoms with Crippen LogP contribution in [0, 0.1) is 16.0 Å². The number of ether oxygens (including phenoxy) is 1. The molecule has 0 unspecified atom stereocenters. The molecule has 0 saturated carbocycles. The minimum Gasteiger partial charge on any atom is -0.455 e. The number of amides is 2. The minimum absolute atomic E-state index is 0.123. The van der Waals surface area contributed by atoms with Crippen molar-refractivity contribution in [1.82, 2.24) is 4.90 Å². The van der Waals surface area contributed by atoms with Crippen LogP contribution in [0.25, 0.3) is 0 Å². The molecule has 1 aromatic heterocycles. The van der Waals surface area contributed by atoms with Gasteiger partial charge in [-0.3, -0.25) is 19.7 Å². The van der Waals surface area contributed by atoms with Gasteiger partial charge in [0, 0.05) is 13.1 Å². The second-order valence-electron chi connectivity index (χ2n) is 6.70. The van der Waals surface area contributed by atoms with Crippen molar-refractivity contribution in [2.24, 2.45) is 5.92 Å². The fourth-order valence-electron chi connectivity index (χ4n) is 3.02. The number of para-hydroxylation sites is 3. The van der Waals surface area contributed by atoms with Crippen LogP contribution in [-0.4, -0.2) is 34.7 Å². The SMILES string of the molecule is O=C(Nc1ccccc1Oc1ccccc1)C1CN(C(=O)c2ccc([N+](=O)[O-])o2)C1. The number of nitrogens with zero attached hydrogens (tertiary/aromatic N) is 2. The number of hydrogen-bond donors (Lipinski definition) is 1. The van der Waals surface area contributed by atoms with E-state index in [4.69, 9.17) is 9.15 Å². The lowest BCUT2D eigenvalue weighted by Crippen LogP contribution is -2.54. The first-order valence-corrected chi connectivity index (χ1v) is 9.17. The molecule has 1 saturated heterocycles. The molecule has 4 rings (SSSR count). The Morgan fingerprint density at radius 2 is 1.73 bits per heavy atom. The molecule has 9 nitrogen and oxygen atoms in total. The molecule has 0 bridgehead atoms. The maximum absolute atomic E-state index is 12.6. The van der Waals surface area contributed by atoms with E-state index >= 15 is 0 Å². The van der Waals surface area contributed by atoms with Crippen molar-refractivity contribution in [3.05, 3.63) is 82.6 Å². The highest BCUT2D eigenvalue weighted by atomic mass is 16.6. The highest BCUT2D eigenvalue weighted by Gasteiger charge is 2.37. The van der Waals surface area contributed by atoms with Crippen LogP contribution in [0.1, 0.15) is 10.6 Å². The predicted octanol–water partition coefficient (Wildman–Crippen LogP) is 3.69. The van der Waals surface area contributed by atoms with E-state index in [1.807, 2.05) is 30.3 Å². The molecule has 1 aliphatic heterocycles. The average Bonchev–Trinajstić information content (AvgIpc) is 3.20. The van der Waals surface area contributed by atoms with Gasteiger partial charge in [-0.25, -0.2) is 0 Å². The highest BCUT2D eigenvalue weighted by molar-refractivity contribution is 5.98. The second kappa shape index (κ2) is 8.08. The van der Waals surface area contributed by atoms with E-state index in [0.717, 1.165) is 6.07 Å². The van der Waals surface area contributed by atoms with Crippen molar-refractivity contribution in [2.75, 3.05) is 18.4 Å². The number of nitro groups is 1. The molecule has 2 aromatic carbocycles. The molecule has 2 amide bonds. The fourth-order valence-corrected chi connectivity index (χ4v) is 3.02. The fraction of sp³-hybridized carbons (Fsp3) is 0.143. The zero-order valence-electron chi connectivity index (χ0n) is 15.7. The van der Waals surface area contributed by atoms with Crippen molar-refractivity contribution >= 4 is 23.4 Å². The molecule has 0 spiro atoms. The molecule has 0 aliphatic carbocycles. The third kappa shape index (κ3) is 4.00. The molecule has 1 fully saturated rings. The Hall–Kier alpha value is -4.14. The summed E-state index contributed by atoms with van der Waals surface area (Å²) in [5.41, 5.74) is 0.526. The lowest BCUT2D eigenvalue weighted by atomic mass is 9.98. The summed E-state index contributed by atoms with van der Waals surface area (Å²) < 4.78 is 10.8. The van der Waals surface area contributed by atoms with Crippen LogP contribution in [0.3, 0.4) is 0 Å². The summed E-state index contributed by atoms with van der Waals surface area (Å²) >= 11 is 0. The van der Waals surface area contributed by atoms with Crippen molar-refractivity contribution < 1.29 is 23.7 Å². The summed E-state index contributed by atoms with van der Waals surface area (Å²) in [7, 11) is 0. The Morgan fingerprint density at radius 3 is 2.43 bits per heavy atom. The van der Waals surface area contributed by atoms with E-state index in [0.29, 0.717) is 17.2 Å². The van der Waals surface area contributed by atoms with Gasteiger partial charge < -0.3 is 19.4 Å². The van der Waals surface area contributed by atoms with E-state index in [9.17, 15) is 19.7 Å². The molecule has 1 N–H and O–H groups in total. The number of carbonyl (C=O) groups excluding carboxylic acids is 2. The van der Waals surface area contributed by atoms with Gasteiger partial charge in [-0.05, 0) is 30.3 Å². The lowest BCUT2D eigenvalue weighted by Gasteiger charge is -2.37. The van der Waals surface area contributed by atoms with Gasteiger partial charge in [-0.1, -0.05) is 30.3 Å². The van der Waals surface area contributed by atoms with E-state index < -0.39 is 22.6 Å². The van der Waals surface area contributed by atoms with Crippen molar-refractivity contribution in [3.63, 3.8) is 0 Å². The third-order valence-electron chi connectivity index (χ3n) is 4.64. The van der Waals surface area contributed by atoms with Crippen LogP contribution < -0.4 is 10.1 Å². The Bertz CT molecular complexity index is 1090. The van der Waals surface area contributed by atoms with Crippen LogP contribution in [0.5, 0.6) is 11.5 Å². The van der Waals surface area contributed by atoms with E-state index in [1.165, 1.54) is 11.0 Å². The first-order valence-electron chi connectivity index (χ1n) is 9.17. The highest BCUT2D eigenvalue weighted by Crippen LogP contribution is 2.30. The quantitative estimate of drug-likeness (QED) is 0.492. The number of benzene rings is 2. The molecule has 9 heteroatoms. The van der Waals surface area contributed by atoms with Gasteiger partial charge in [0.25, 0.3) is 5.91 Å². The number of hydrogen-bond acceptors (Lipinski definition) is 6. The number of nitrogens with one attached hydrogen (secondary N) is 1. The smallest absolute Gasteiger partial charge is 0.433 e.